The van der Waals surface area contributed by atoms with Gasteiger partial charge in [0.1, 0.15) is 5.75 Å². The molecule has 0 aliphatic rings. The lowest BCUT2D eigenvalue weighted by atomic mass is 9.78. The number of aromatic hydroxyl groups is 1. The van der Waals surface area contributed by atoms with E-state index < -0.39 is 15.9 Å². The summed E-state index contributed by atoms with van der Waals surface area (Å²) >= 11 is 0. The van der Waals surface area contributed by atoms with Gasteiger partial charge in [-0.15, -0.1) is 0 Å². The second kappa shape index (κ2) is 10.9. The first kappa shape index (κ1) is 27.3. The third-order valence-corrected chi connectivity index (χ3v) is 5.52. The number of phenolic OH excluding ortho intramolecular Hbond substituents is 1. The van der Waals surface area contributed by atoms with Gasteiger partial charge in [-0.3, -0.25) is 9.13 Å². The average molecular weight is 438 g/mol. The molecule has 1 aromatic rings. The van der Waals surface area contributed by atoms with Crippen LogP contribution in [0.2, 0.25) is 0 Å². The van der Waals surface area contributed by atoms with Crippen LogP contribution in [0, 0.1) is 0 Å². The maximum atomic E-state index is 11.2. The van der Waals surface area contributed by atoms with Crippen molar-refractivity contribution in [2.24, 2.45) is 0 Å². The van der Waals surface area contributed by atoms with Gasteiger partial charge in [-0.2, -0.15) is 0 Å². The van der Waals surface area contributed by atoms with Crippen LogP contribution in [0.4, 0.5) is 0 Å². The summed E-state index contributed by atoms with van der Waals surface area (Å²) in [6.07, 6.45) is -0.306. The summed E-state index contributed by atoms with van der Waals surface area (Å²) in [4.78, 5) is 18.4. The number of benzene rings is 1. The van der Waals surface area contributed by atoms with Crippen LogP contribution in [0.5, 0.6) is 5.75 Å². The van der Waals surface area contributed by atoms with Crippen LogP contribution in [0.15, 0.2) is 12.1 Å². The van der Waals surface area contributed by atoms with Gasteiger partial charge in [-0.25, -0.2) is 0 Å². The van der Waals surface area contributed by atoms with E-state index in [4.69, 9.17) is 0 Å². The Morgan fingerprint density at radius 1 is 0.929 bits per heavy atom. The molecule has 3 N–H and O–H groups in total. The molecule has 0 amide bonds. The van der Waals surface area contributed by atoms with E-state index >= 15 is 0 Å². The summed E-state index contributed by atoms with van der Waals surface area (Å²) in [7, 11) is -6.27. The zero-order valence-electron chi connectivity index (χ0n) is 18.2. The minimum Gasteiger partial charge on any atom is -0.507 e. The van der Waals surface area contributed by atoms with Crippen molar-refractivity contribution in [1.29, 1.82) is 0 Å². The molecular weight excluding hydrogens is 402 g/mol. The predicted molar refractivity (Wildman–Crippen MR) is 114 cm³/mol. The maximum Gasteiger partial charge on any atom is 0.329 e. The van der Waals surface area contributed by atoms with Crippen LogP contribution in [-0.2, 0) is 35.2 Å². The van der Waals surface area contributed by atoms with Gasteiger partial charge < -0.3 is 23.9 Å². The second-order valence-electron chi connectivity index (χ2n) is 8.48. The van der Waals surface area contributed by atoms with Gasteiger partial charge in [0.05, 0.1) is 19.4 Å². The molecule has 0 radical (unpaired) electrons. The molecule has 0 fully saturated rings. The standard InChI is InChI=1S/C15H25O4P.C4H11O3P/c1-14(2,3)11-7-10(9-20(17,18)19)8-12(13(11)16)15(4,5)6;1-3-6-8(5)7-4-2/h7-8,16H,9H2,1-6H3,(H2,17,18,19);8H,3-4H2,1-2H3. The first-order chi connectivity index (χ1) is 12.5. The van der Waals surface area contributed by atoms with E-state index in [-0.39, 0.29) is 22.7 Å². The normalized spacial score (nSPS) is 12.7. The molecule has 28 heavy (non-hydrogen) atoms. The lowest BCUT2D eigenvalue weighted by Gasteiger charge is -2.28. The van der Waals surface area contributed by atoms with Gasteiger partial charge in [0.25, 0.3) is 0 Å². The van der Waals surface area contributed by atoms with Crippen LogP contribution in [0.1, 0.15) is 72.1 Å². The largest absolute Gasteiger partial charge is 0.507 e. The van der Waals surface area contributed by atoms with Crippen molar-refractivity contribution in [2.45, 2.75) is 72.4 Å². The van der Waals surface area contributed by atoms with Crippen molar-refractivity contribution in [2.75, 3.05) is 13.2 Å². The zero-order valence-corrected chi connectivity index (χ0v) is 20.1. The molecular formula is C19H36O7P2. The number of hydrogen-bond donors (Lipinski definition) is 3. The molecule has 7 nitrogen and oxygen atoms in total. The van der Waals surface area contributed by atoms with Crippen LogP contribution in [0.3, 0.4) is 0 Å². The SMILES string of the molecule is CC(C)(C)c1cc(CP(=O)(O)O)cc(C(C)(C)C)c1O.CCO[PH](=O)OCC. The van der Waals surface area contributed by atoms with Gasteiger partial charge in [0.2, 0.25) is 0 Å². The van der Waals surface area contributed by atoms with E-state index in [9.17, 15) is 24.0 Å². The third-order valence-electron chi connectivity index (χ3n) is 3.70. The molecule has 0 aliphatic heterocycles. The number of rotatable bonds is 6. The summed E-state index contributed by atoms with van der Waals surface area (Å²) in [6, 6.07) is 3.40. The Morgan fingerprint density at radius 2 is 1.29 bits per heavy atom. The average Bonchev–Trinajstić information content (AvgIpc) is 2.46. The lowest BCUT2D eigenvalue weighted by molar-refractivity contribution is 0.243. The fraction of sp³-hybridized carbons (Fsp3) is 0.684. The quantitative estimate of drug-likeness (QED) is 0.529. The highest BCUT2D eigenvalue weighted by Gasteiger charge is 2.27. The van der Waals surface area contributed by atoms with Crippen LogP contribution < -0.4 is 0 Å². The molecule has 164 valence electrons. The van der Waals surface area contributed by atoms with Crippen molar-refractivity contribution in [3.05, 3.63) is 28.8 Å². The Bertz CT molecular complexity index is 654. The molecule has 9 heteroatoms. The molecule has 0 aliphatic carbocycles. The van der Waals surface area contributed by atoms with Crippen LogP contribution in [-0.4, -0.2) is 28.1 Å². The predicted octanol–water partition coefficient (Wildman–Crippen LogP) is 5.11. The second-order valence-corrected chi connectivity index (χ2v) is 11.2. The molecule has 0 spiro atoms. The molecule has 0 bridgehead atoms. The summed E-state index contributed by atoms with van der Waals surface area (Å²) in [5, 5.41) is 10.5. The molecule has 0 heterocycles. The van der Waals surface area contributed by atoms with E-state index in [2.05, 4.69) is 9.05 Å². The van der Waals surface area contributed by atoms with Gasteiger partial charge in [0.15, 0.2) is 0 Å². The first-order valence-electron chi connectivity index (χ1n) is 9.23. The highest BCUT2D eigenvalue weighted by atomic mass is 31.2. The molecule has 1 rings (SSSR count). The Balaban J connectivity index is 0.000000769. The fourth-order valence-corrected chi connectivity index (χ4v) is 3.66. The summed E-state index contributed by atoms with van der Waals surface area (Å²) in [6.45, 7) is 16.3. The fourth-order valence-electron chi connectivity index (χ4n) is 2.44. The van der Waals surface area contributed by atoms with Crippen molar-refractivity contribution < 1.29 is 33.1 Å². The Hall–Kier alpha value is -0.680. The van der Waals surface area contributed by atoms with Gasteiger partial charge in [-0.05, 0) is 41.4 Å². The monoisotopic (exact) mass is 438 g/mol. The van der Waals surface area contributed by atoms with E-state index in [1.54, 1.807) is 26.0 Å². The topological polar surface area (TPSA) is 113 Å². The summed E-state index contributed by atoms with van der Waals surface area (Å²) in [5.41, 5.74) is 1.40. The smallest absolute Gasteiger partial charge is 0.329 e. The van der Waals surface area contributed by atoms with Crippen LogP contribution >= 0.6 is 15.9 Å². The molecule has 1 aromatic carbocycles. The summed E-state index contributed by atoms with van der Waals surface area (Å²) in [5.74, 6) is 0.222. The molecule has 0 saturated carbocycles. The minimum absolute atomic E-state index is 0.222. The highest BCUT2D eigenvalue weighted by molar-refractivity contribution is 7.50. The van der Waals surface area contributed by atoms with E-state index in [1.807, 2.05) is 41.5 Å². The maximum absolute atomic E-state index is 11.2. The van der Waals surface area contributed by atoms with Crippen molar-refractivity contribution in [1.82, 2.24) is 0 Å². The van der Waals surface area contributed by atoms with Crippen molar-refractivity contribution in [3.8, 4) is 5.75 Å². The van der Waals surface area contributed by atoms with Gasteiger partial charge in [0, 0.05) is 0 Å². The van der Waals surface area contributed by atoms with E-state index in [1.165, 1.54) is 0 Å². The first-order valence-corrected chi connectivity index (χ1v) is 12.3. The number of phenols is 1. The molecule has 0 atom stereocenters. The van der Waals surface area contributed by atoms with E-state index in [0.29, 0.717) is 29.9 Å². The summed E-state index contributed by atoms with van der Waals surface area (Å²) < 4.78 is 30.8. The Morgan fingerprint density at radius 3 is 1.54 bits per heavy atom. The third kappa shape index (κ3) is 10.2. The minimum atomic E-state index is -4.13. The zero-order chi connectivity index (χ0) is 22.3. The molecule has 0 aromatic heterocycles. The van der Waals surface area contributed by atoms with Gasteiger partial charge >= 0.3 is 15.9 Å². The van der Waals surface area contributed by atoms with Crippen LogP contribution in [0.25, 0.3) is 0 Å². The lowest BCUT2D eigenvalue weighted by Crippen LogP contribution is -2.18. The van der Waals surface area contributed by atoms with Gasteiger partial charge in [-0.1, -0.05) is 53.7 Å². The van der Waals surface area contributed by atoms with E-state index in [0.717, 1.165) is 0 Å². The Kier molecular flexibility index (Phi) is 10.6. The number of hydrogen-bond acceptors (Lipinski definition) is 5. The van der Waals surface area contributed by atoms with Crippen molar-refractivity contribution in [3.63, 3.8) is 0 Å². The molecule has 0 unspecified atom stereocenters. The molecule has 0 saturated heterocycles. The Labute approximate surface area is 169 Å². The van der Waals surface area contributed by atoms with Crippen molar-refractivity contribution >= 4 is 15.9 Å². The highest BCUT2D eigenvalue weighted by Crippen LogP contribution is 2.44.